The highest BCUT2D eigenvalue weighted by Gasteiger charge is 2.35. The molecule has 1 saturated heterocycles. The summed E-state index contributed by atoms with van der Waals surface area (Å²) in [7, 11) is 0. The van der Waals surface area contributed by atoms with Crippen molar-refractivity contribution in [2.24, 2.45) is 0 Å². The summed E-state index contributed by atoms with van der Waals surface area (Å²) in [6, 6.07) is 3.80. The molecule has 0 bridgehead atoms. The van der Waals surface area contributed by atoms with E-state index in [2.05, 4.69) is 15.0 Å². The minimum absolute atomic E-state index is 0.0508. The van der Waals surface area contributed by atoms with Crippen LogP contribution in [0.15, 0.2) is 30.7 Å². The molecular weight excluding hydrogens is 345 g/mol. The van der Waals surface area contributed by atoms with Crippen LogP contribution in [0.25, 0.3) is 21.8 Å². The molecule has 4 rings (SSSR count). The number of aromatic nitrogens is 3. The number of hydrogen-bond acceptors (Lipinski definition) is 3. The van der Waals surface area contributed by atoms with Crippen LogP contribution >= 0.6 is 0 Å². The van der Waals surface area contributed by atoms with E-state index in [0.29, 0.717) is 18.6 Å². The zero-order valence-corrected chi connectivity index (χ0v) is 13.9. The molecule has 1 fully saturated rings. The zero-order valence-electron chi connectivity index (χ0n) is 13.9. The Bertz CT molecular complexity index is 966. The molecule has 1 aliphatic heterocycles. The van der Waals surface area contributed by atoms with E-state index < -0.39 is 18.5 Å². The molecular formula is C18H17F3N4O. The molecule has 0 saturated carbocycles. The quantitative estimate of drug-likeness (QED) is 0.755. The number of hydrogen-bond donors (Lipinski definition) is 1. The van der Waals surface area contributed by atoms with Gasteiger partial charge in [0.2, 0.25) is 5.91 Å². The molecule has 5 nitrogen and oxygen atoms in total. The molecule has 3 aromatic heterocycles. The van der Waals surface area contributed by atoms with Gasteiger partial charge in [0.15, 0.2) is 5.65 Å². The van der Waals surface area contributed by atoms with Crippen LogP contribution < -0.4 is 0 Å². The van der Waals surface area contributed by atoms with Gasteiger partial charge in [-0.2, -0.15) is 13.2 Å². The highest BCUT2D eigenvalue weighted by atomic mass is 19.4. The lowest BCUT2D eigenvalue weighted by atomic mass is 9.90. The van der Waals surface area contributed by atoms with Gasteiger partial charge in [0, 0.05) is 59.5 Å². The monoisotopic (exact) mass is 362 g/mol. The van der Waals surface area contributed by atoms with Gasteiger partial charge in [0.05, 0.1) is 0 Å². The van der Waals surface area contributed by atoms with Crippen LogP contribution in [0.5, 0.6) is 0 Å². The van der Waals surface area contributed by atoms with Crippen molar-refractivity contribution in [2.75, 3.05) is 13.1 Å². The van der Waals surface area contributed by atoms with E-state index in [1.165, 1.54) is 4.90 Å². The summed E-state index contributed by atoms with van der Waals surface area (Å²) in [6.45, 7) is 0.646. The van der Waals surface area contributed by atoms with Crippen LogP contribution in [0.4, 0.5) is 13.2 Å². The third kappa shape index (κ3) is 3.11. The predicted molar refractivity (Wildman–Crippen MR) is 90.6 cm³/mol. The zero-order chi connectivity index (χ0) is 18.3. The Hall–Kier alpha value is -2.64. The molecule has 26 heavy (non-hydrogen) atoms. The number of aromatic amines is 1. The molecule has 136 valence electrons. The second kappa shape index (κ2) is 6.26. The van der Waals surface area contributed by atoms with E-state index in [9.17, 15) is 18.0 Å². The first-order valence-corrected chi connectivity index (χ1v) is 8.47. The fourth-order valence-corrected chi connectivity index (χ4v) is 3.74. The summed E-state index contributed by atoms with van der Waals surface area (Å²) in [5, 5.41) is 2.83. The number of nitrogens with one attached hydrogen (secondary N) is 1. The van der Waals surface area contributed by atoms with Crippen molar-refractivity contribution < 1.29 is 18.0 Å². The van der Waals surface area contributed by atoms with Gasteiger partial charge in [-0.25, -0.2) is 9.97 Å². The molecule has 1 N–H and O–H groups in total. The molecule has 4 heterocycles. The first-order chi connectivity index (χ1) is 12.4. The van der Waals surface area contributed by atoms with Gasteiger partial charge in [-0.1, -0.05) is 0 Å². The molecule has 3 aromatic rings. The van der Waals surface area contributed by atoms with Crippen molar-refractivity contribution in [3.8, 4) is 0 Å². The SMILES string of the molecule is O=C(CC(F)(F)F)N1CCCC(c2[nH]ccc3cnc4nccc4c23)C1. The minimum atomic E-state index is -4.48. The average Bonchev–Trinajstić information content (AvgIpc) is 3.09. The number of rotatable bonds is 2. The largest absolute Gasteiger partial charge is 0.397 e. The number of piperidine rings is 1. The normalized spacial score (nSPS) is 18.6. The third-order valence-electron chi connectivity index (χ3n) is 4.87. The Morgan fingerprint density at radius 3 is 2.96 bits per heavy atom. The van der Waals surface area contributed by atoms with Crippen molar-refractivity contribution in [1.29, 1.82) is 0 Å². The molecule has 0 spiro atoms. The molecule has 8 heteroatoms. The fourth-order valence-electron chi connectivity index (χ4n) is 3.74. The van der Waals surface area contributed by atoms with Crippen molar-refractivity contribution in [1.82, 2.24) is 19.9 Å². The first-order valence-electron chi connectivity index (χ1n) is 8.47. The summed E-state index contributed by atoms with van der Waals surface area (Å²) in [5.41, 5.74) is 1.56. The van der Waals surface area contributed by atoms with E-state index in [4.69, 9.17) is 0 Å². The minimum Gasteiger partial charge on any atom is -0.364 e. The van der Waals surface area contributed by atoms with Crippen molar-refractivity contribution in [2.45, 2.75) is 31.4 Å². The Morgan fingerprint density at radius 2 is 2.15 bits per heavy atom. The number of likely N-dealkylation sites (tertiary alicyclic amines) is 1. The second-order valence-corrected chi connectivity index (χ2v) is 6.63. The summed E-state index contributed by atoms with van der Waals surface area (Å²) in [4.78, 5) is 25.1. The smallest absolute Gasteiger partial charge is 0.364 e. The van der Waals surface area contributed by atoms with E-state index >= 15 is 0 Å². The number of nitrogens with zero attached hydrogens (tertiary/aromatic N) is 3. The summed E-state index contributed by atoms with van der Waals surface area (Å²) in [6.07, 6.45) is 0.840. The van der Waals surface area contributed by atoms with Crippen LogP contribution in [0.1, 0.15) is 30.9 Å². The topological polar surface area (TPSA) is 61.9 Å². The number of fused-ring (bicyclic) bond motifs is 3. The van der Waals surface area contributed by atoms with Crippen LogP contribution in [-0.4, -0.2) is 45.0 Å². The second-order valence-electron chi connectivity index (χ2n) is 6.63. The number of alkyl halides is 3. The van der Waals surface area contributed by atoms with Gasteiger partial charge < -0.3 is 9.88 Å². The standard InChI is InChI=1S/C18H17F3N4O/c19-18(20,21)8-14(26)25-7-1-2-12(10-25)16-15-11(3-5-22-16)9-24-17-13(15)4-6-23-17/h3-6,9,12,22H,1-2,7-8,10H2. The molecule has 1 aliphatic rings. The van der Waals surface area contributed by atoms with Crippen LogP contribution in [-0.2, 0) is 4.79 Å². The van der Waals surface area contributed by atoms with Crippen LogP contribution in [0.3, 0.4) is 0 Å². The lowest BCUT2D eigenvalue weighted by Gasteiger charge is -2.33. The molecule has 0 aliphatic carbocycles. The summed E-state index contributed by atoms with van der Waals surface area (Å²) < 4.78 is 37.7. The highest BCUT2D eigenvalue weighted by molar-refractivity contribution is 6.05. The molecule has 1 amide bonds. The van der Waals surface area contributed by atoms with Gasteiger partial charge in [-0.15, -0.1) is 0 Å². The van der Waals surface area contributed by atoms with Crippen LogP contribution in [0.2, 0.25) is 0 Å². The fraction of sp³-hybridized carbons (Fsp3) is 0.389. The maximum absolute atomic E-state index is 12.6. The van der Waals surface area contributed by atoms with E-state index in [1.807, 2.05) is 12.1 Å². The van der Waals surface area contributed by atoms with E-state index in [1.54, 1.807) is 18.6 Å². The highest BCUT2D eigenvalue weighted by Crippen LogP contribution is 2.34. The van der Waals surface area contributed by atoms with Gasteiger partial charge in [-0.3, -0.25) is 4.79 Å². The van der Waals surface area contributed by atoms with Crippen molar-refractivity contribution in [3.63, 3.8) is 0 Å². The number of pyridine rings is 2. The van der Waals surface area contributed by atoms with E-state index in [0.717, 1.165) is 28.3 Å². The Morgan fingerprint density at radius 1 is 1.31 bits per heavy atom. The third-order valence-corrected chi connectivity index (χ3v) is 4.87. The molecule has 0 aromatic carbocycles. The Balaban J connectivity index is 1.69. The van der Waals surface area contributed by atoms with Crippen molar-refractivity contribution in [3.05, 3.63) is 36.4 Å². The molecule has 0 radical (unpaired) electrons. The average molecular weight is 362 g/mol. The maximum Gasteiger partial charge on any atom is 0.397 e. The lowest BCUT2D eigenvalue weighted by molar-refractivity contribution is -0.162. The predicted octanol–water partition coefficient (Wildman–Crippen LogP) is 3.77. The first kappa shape index (κ1) is 16.8. The number of H-pyrrole nitrogens is 1. The van der Waals surface area contributed by atoms with Crippen LogP contribution in [0, 0.1) is 0 Å². The number of carbonyl (C=O) groups is 1. The Labute approximate surface area is 147 Å². The van der Waals surface area contributed by atoms with Crippen molar-refractivity contribution >= 4 is 27.7 Å². The molecule has 1 unspecified atom stereocenters. The number of halogens is 3. The molecule has 1 atom stereocenters. The lowest BCUT2D eigenvalue weighted by Crippen LogP contribution is -2.41. The Kier molecular flexibility index (Phi) is 4.05. The number of carbonyl (C=O) groups excluding carboxylic acids is 1. The van der Waals surface area contributed by atoms with Gasteiger partial charge >= 0.3 is 6.18 Å². The van der Waals surface area contributed by atoms with Gasteiger partial charge in [0.25, 0.3) is 0 Å². The van der Waals surface area contributed by atoms with E-state index in [-0.39, 0.29) is 12.5 Å². The van der Waals surface area contributed by atoms with Gasteiger partial charge in [0.1, 0.15) is 6.42 Å². The van der Waals surface area contributed by atoms with Gasteiger partial charge in [-0.05, 0) is 25.0 Å². The summed E-state index contributed by atoms with van der Waals surface area (Å²) >= 11 is 0. The number of amides is 1. The summed E-state index contributed by atoms with van der Waals surface area (Å²) in [5.74, 6) is -0.908. The maximum atomic E-state index is 12.6.